The summed E-state index contributed by atoms with van der Waals surface area (Å²) in [5, 5.41) is 5.56. The van der Waals surface area contributed by atoms with Crippen LogP contribution in [0, 0.1) is 6.92 Å². The lowest BCUT2D eigenvalue weighted by Gasteiger charge is -2.32. The van der Waals surface area contributed by atoms with Crippen molar-refractivity contribution in [3.63, 3.8) is 0 Å². The van der Waals surface area contributed by atoms with Gasteiger partial charge >= 0.3 is 0 Å². The van der Waals surface area contributed by atoms with E-state index in [1.165, 1.54) is 53.5 Å². The maximum Gasteiger partial charge on any atom is 0.223 e. The number of likely N-dealkylation sites (tertiary alicyclic amines) is 1. The number of hydrogen-bond donors (Lipinski definition) is 1. The number of nitrogens with zero attached hydrogens (tertiary/aromatic N) is 3. The van der Waals surface area contributed by atoms with E-state index in [4.69, 9.17) is 21.6 Å². The minimum atomic E-state index is 0.401. The Kier molecular flexibility index (Phi) is 6.64. The van der Waals surface area contributed by atoms with E-state index in [0.29, 0.717) is 6.04 Å². The summed E-state index contributed by atoms with van der Waals surface area (Å²) in [6.07, 6.45) is 7.15. The number of halogens is 1. The highest BCUT2D eigenvalue weighted by Crippen LogP contribution is 2.33. The Hall–Kier alpha value is -2.95. The molecule has 1 fully saturated rings. The maximum atomic E-state index is 6.03. The first-order valence-corrected chi connectivity index (χ1v) is 13.6. The Labute approximate surface area is 218 Å². The second kappa shape index (κ2) is 10.2. The Morgan fingerprint density at radius 1 is 0.944 bits per heavy atom. The number of anilines is 1. The number of fused-ring (bicyclic) bond motifs is 2. The number of hydrogen-bond acceptors (Lipinski definition) is 4. The fourth-order valence-corrected chi connectivity index (χ4v) is 5.96. The number of rotatable bonds is 5. The second-order valence-electron chi connectivity index (χ2n) is 10.3. The largest absolute Gasteiger partial charge is 0.351 e. The molecule has 3 aromatic carbocycles. The number of benzene rings is 3. The van der Waals surface area contributed by atoms with E-state index in [0.717, 1.165) is 60.0 Å². The topological polar surface area (TPSA) is 41.1 Å². The van der Waals surface area contributed by atoms with Crippen LogP contribution in [0.1, 0.15) is 48.1 Å². The third-order valence-corrected chi connectivity index (χ3v) is 8.09. The molecule has 5 heteroatoms. The molecule has 0 unspecified atom stereocenters. The molecule has 0 spiro atoms. The number of aromatic nitrogens is 2. The lowest BCUT2D eigenvalue weighted by atomic mass is 9.86. The summed E-state index contributed by atoms with van der Waals surface area (Å²) in [6.45, 7) is 5.21. The zero-order valence-corrected chi connectivity index (χ0v) is 21.7. The van der Waals surface area contributed by atoms with Crippen molar-refractivity contribution in [2.24, 2.45) is 0 Å². The lowest BCUT2D eigenvalue weighted by Crippen LogP contribution is -2.39. The van der Waals surface area contributed by atoms with Crippen molar-refractivity contribution < 1.29 is 0 Å². The van der Waals surface area contributed by atoms with Crippen LogP contribution >= 0.6 is 11.6 Å². The standard InChI is InChI=1S/C31H33ClN4/c1-21-29-19-24(28-8-4-6-23-5-2-3-7-27(23)28)11-14-30(29)35-31(33-21)34-26-15-17-36(18-16-26)20-22-9-12-25(32)13-10-22/h4,6,8-14,19,26H,2-3,5,7,15-18,20H2,1H3,(H,33,34,35). The number of nitrogens with one attached hydrogen (secondary N) is 1. The van der Waals surface area contributed by atoms with Crippen LogP contribution in [-0.2, 0) is 19.4 Å². The maximum absolute atomic E-state index is 6.03. The first kappa shape index (κ1) is 23.4. The SMILES string of the molecule is Cc1nc(NC2CCN(Cc3ccc(Cl)cc3)CC2)nc2ccc(-c3cccc4c3CCCC4)cc12. The summed E-state index contributed by atoms with van der Waals surface area (Å²) in [5.41, 5.74) is 9.07. The van der Waals surface area contributed by atoms with E-state index in [2.05, 4.69) is 65.7 Å². The third kappa shape index (κ3) is 4.98. The van der Waals surface area contributed by atoms with Gasteiger partial charge in [0.15, 0.2) is 0 Å². The zero-order valence-electron chi connectivity index (χ0n) is 20.9. The number of piperidine rings is 1. The average molecular weight is 497 g/mol. The average Bonchev–Trinajstić information content (AvgIpc) is 2.91. The predicted molar refractivity (Wildman–Crippen MR) is 150 cm³/mol. The Balaban J connectivity index is 1.15. The van der Waals surface area contributed by atoms with Crippen molar-refractivity contribution in [3.05, 3.63) is 88.1 Å². The van der Waals surface area contributed by atoms with E-state index < -0.39 is 0 Å². The predicted octanol–water partition coefficient (Wildman–Crippen LogP) is 7.21. The summed E-state index contributed by atoms with van der Waals surface area (Å²) >= 11 is 6.03. The highest BCUT2D eigenvalue weighted by Gasteiger charge is 2.21. The summed E-state index contributed by atoms with van der Waals surface area (Å²) in [7, 11) is 0. The van der Waals surface area contributed by atoms with Crippen LogP contribution in [0.15, 0.2) is 60.7 Å². The molecular formula is C31H33ClN4. The van der Waals surface area contributed by atoms with E-state index in [1.54, 1.807) is 0 Å². The van der Waals surface area contributed by atoms with Crippen molar-refractivity contribution in [1.82, 2.24) is 14.9 Å². The fourth-order valence-electron chi connectivity index (χ4n) is 5.83. The molecule has 0 bridgehead atoms. The van der Waals surface area contributed by atoms with Gasteiger partial charge in [0.05, 0.1) is 11.2 Å². The van der Waals surface area contributed by atoms with Gasteiger partial charge in [-0.25, -0.2) is 9.97 Å². The van der Waals surface area contributed by atoms with Gasteiger partial charge in [-0.05, 0) is 97.5 Å². The van der Waals surface area contributed by atoms with E-state index >= 15 is 0 Å². The van der Waals surface area contributed by atoms with Gasteiger partial charge < -0.3 is 5.32 Å². The second-order valence-corrected chi connectivity index (χ2v) is 10.8. The first-order chi connectivity index (χ1) is 17.6. The molecule has 184 valence electrons. The zero-order chi connectivity index (χ0) is 24.5. The minimum Gasteiger partial charge on any atom is -0.351 e. The molecule has 1 saturated heterocycles. The summed E-state index contributed by atoms with van der Waals surface area (Å²) in [6, 6.07) is 22.1. The molecule has 0 atom stereocenters. The molecule has 4 aromatic rings. The highest BCUT2D eigenvalue weighted by atomic mass is 35.5. The van der Waals surface area contributed by atoms with Gasteiger partial charge in [0, 0.05) is 36.1 Å². The lowest BCUT2D eigenvalue weighted by molar-refractivity contribution is 0.211. The molecule has 2 heterocycles. The Morgan fingerprint density at radius 3 is 2.58 bits per heavy atom. The van der Waals surface area contributed by atoms with Gasteiger partial charge in [-0.15, -0.1) is 0 Å². The van der Waals surface area contributed by atoms with Gasteiger partial charge in [-0.2, -0.15) is 0 Å². The van der Waals surface area contributed by atoms with Crippen molar-refractivity contribution in [2.75, 3.05) is 18.4 Å². The van der Waals surface area contributed by atoms with Crippen molar-refractivity contribution in [1.29, 1.82) is 0 Å². The Bertz CT molecular complexity index is 1370. The van der Waals surface area contributed by atoms with E-state index in [1.807, 2.05) is 12.1 Å². The summed E-state index contributed by atoms with van der Waals surface area (Å²) in [5.74, 6) is 0.751. The molecule has 1 aliphatic carbocycles. The fraction of sp³-hybridized carbons (Fsp3) is 0.355. The highest BCUT2D eigenvalue weighted by molar-refractivity contribution is 6.30. The molecule has 0 amide bonds. The molecule has 2 aliphatic rings. The van der Waals surface area contributed by atoms with Crippen molar-refractivity contribution >= 4 is 28.5 Å². The van der Waals surface area contributed by atoms with E-state index in [-0.39, 0.29) is 0 Å². The van der Waals surface area contributed by atoms with Crippen LogP contribution in [0.25, 0.3) is 22.0 Å². The van der Waals surface area contributed by atoms with Gasteiger partial charge in [-0.1, -0.05) is 48.0 Å². The van der Waals surface area contributed by atoms with Crippen LogP contribution in [0.4, 0.5) is 5.95 Å². The molecule has 1 aromatic heterocycles. The monoisotopic (exact) mass is 496 g/mol. The van der Waals surface area contributed by atoms with Crippen LogP contribution in [0.5, 0.6) is 0 Å². The molecule has 0 saturated carbocycles. The third-order valence-electron chi connectivity index (χ3n) is 7.83. The van der Waals surface area contributed by atoms with Gasteiger partial charge in [0.2, 0.25) is 5.95 Å². The van der Waals surface area contributed by atoms with Gasteiger partial charge in [-0.3, -0.25) is 4.90 Å². The normalized spacial score (nSPS) is 16.7. The van der Waals surface area contributed by atoms with Crippen LogP contribution in [-0.4, -0.2) is 34.0 Å². The van der Waals surface area contributed by atoms with Crippen LogP contribution in [0.2, 0.25) is 5.02 Å². The molecule has 36 heavy (non-hydrogen) atoms. The number of aryl methyl sites for hydroxylation is 2. The van der Waals surface area contributed by atoms with Gasteiger partial charge in [0.25, 0.3) is 0 Å². The van der Waals surface area contributed by atoms with Crippen LogP contribution in [0.3, 0.4) is 0 Å². The summed E-state index contributed by atoms with van der Waals surface area (Å²) < 4.78 is 0. The van der Waals surface area contributed by atoms with Crippen molar-refractivity contribution in [2.45, 2.75) is 58.0 Å². The molecule has 6 rings (SSSR count). The summed E-state index contributed by atoms with van der Waals surface area (Å²) in [4.78, 5) is 12.3. The van der Waals surface area contributed by atoms with Crippen molar-refractivity contribution in [3.8, 4) is 11.1 Å². The Morgan fingerprint density at radius 2 is 1.75 bits per heavy atom. The molecular weight excluding hydrogens is 464 g/mol. The van der Waals surface area contributed by atoms with E-state index in [9.17, 15) is 0 Å². The minimum absolute atomic E-state index is 0.401. The smallest absolute Gasteiger partial charge is 0.223 e. The molecule has 0 radical (unpaired) electrons. The molecule has 1 N–H and O–H groups in total. The quantitative estimate of drug-likeness (QED) is 0.317. The molecule has 4 nitrogen and oxygen atoms in total. The van der Waals surface area contributed by atoms with Gasteiger partial charge in [0.1, 0.15) is 0 Å². The van der Waals surface area contributed by atoms with Crippen LogP contribution < -0.4 is 5.32 Å². The first-order valence-electron chi connectivity index (χ1n) is 13.3. The molecule has 1 aliphatic heterocycles.